The zero-order chi connectivity index (χ0) is 15.4. The number of hydrogen-bond donors (Lipinski definition) is 1. The van der Waals surface area contributed by atoms with Crippen LogP contribution in [0.1, 0.15) is 42.1 Å². The number of piperidine rings is 1. The Morgan fingerprint density at radius 2 is 1.95 bits per heavy atom. The molecule has 2 aromatic rings. The maximum Gasteiger partial charge on any atom is 0.266 e. The summed E-state index contributed by atoms with van der Waals surface area (Å²) in [5.74, 6) is 0.0728. The van der Waals surface area contributed by atoms with Crippen LogP contribution in [0.5, 0.6) is 0 Å². The van der Waals surface area contributed by atoms with Gasteiger partial charge in [0.1, 0.15) is 9.71 Å². The summed E-state index contributed by atoms with van der Waals surface area (Å²) < 4.78 is 1.81. The molecule has 1 saturated heterocycles. The van der Waals surface area contributed by atoms with E-state index >= 15 is 0 Å². The number of hydrogen-bond acceptors (Lipinski definition) is 4. The highest BCUT2D eigenvalue weighted by atomic mass is 32.1. The molecule has 0 bridgehead atoms. The van der Waals surface area contributed by atoms with Gasteiger partial charge in [-0.2, -0.15) is 5.10 Å². The minimum Gasteiger partial charge on any atom is -0.397 e. The highest BCUT2D eigenvalue weighted by Gasteiger charge is 2.30. The zero-order valence-corrected chi connectivity index (χ0v) is 13.9. The van der Waals surface area contributed by atoms with Crippen molar-refractivity contribution < 1.29 is 4.79 Å². The van der Waals surface area contributed by atoms with Crippen LogP contribution in [0, 0.1) is 12.3 Å². The number of nitrogens with zero attached hydrogens (tertiary/aromatic N) is 3. The quantitative estimate of drug-likeness (QED) is 0.881. The molecule has 0 aliphatic carbocycles. The van der Waals surface area contributed by atoms with Crippen LogP contribution >= 0.6 is 11.3 Å². The zero-order valence-electron chi connectivity index (χ0n) is 13.1. The highest BCUT2D eigenvalue weighted by Crippen LogP contribution is 2.37. The molecule has 1 aliphatic rings. The van der Waals surface area contributed by atoms with Crippen LogP contribution in [0.15, 0.2) is 0 Å². The van der Waals surface area contributed by atoms with Crippen LogP contribution in [-0.2, 0) is 7.05 Å². The second-order valence-electron chi connectivity index (χ2n) is 6.69. The van der Waals surface area contributed by atoms with E-state index in [2.05, 4.69) is 18.9 Å². The van der Waals surface area contributed by atoms with Crippen molar-refractivity contribution in [1.29, 1.82) is 0 Å². The molecule has 1 aliphatic heterocycles. The Kier molecular flexibility index (Phi) is 3.24. The van der Waals surface area contributed by atoms with Gasteiger partial charge in [0.05, 0.1) is 16.8 Å². The summed E-state index contributed by atoms with van der Waals surface area (Å²) in [6.45, 7) is 8.09. The lowest BCUT2D eigenvalue weighted by Gasteiger charge is -2.36. The highest BCUT2D eigenvalue weighted by molar-refractivity contribution is 7.21. The number of anilines is 1. The Morgan fingerprint density at radius 3 is 2.52 bits per heavy atom. The number of fused-ring (bicyclic) bond motifs is 1. The number of thiophene rings is 1. The van der Waals surface area contributed by atoms with E-state index in [0.717, 1.165) is 41.8 Å². The van der Waals surface area contributed by atoms with Crippen LogP contribution in [0.25, 0.3) is 10.2 Å². The van der Waals surface area contributed by atoms with Crippen LogP contribution in [0.4, 0.5) is 5.69 Å². The lowest BCUT2D eigenvalue weighted by molar-refractivity contribution is 0.0636. The Morgan fingerprint density at radius 1 is 1.33 bits per heavy atom. The van der Waals surface area contributed by atoms with Gasteiger partial charge < -0.3 is 10.6 Å². The summed E-state index contributed by atoms with van der Waals surface area (Å²) in [6.07, 6.45) is 2.09. The Bertz CT molecular complexity index is 703. The van der Waals surface area contributed by atoms with E-state index in [4.69, 9.17) is 5.73 Å². The third kappa shape index (κ3) is 2.31. The first-order valence-corrected chi connectivity index (χ1v) is 8.13. The van der Waals surface area contributed by atoms with Gasteiger partial charge in [0.2, 0.25) is 0 Å². The van der Waals surface area contributed by atoms with Crippen molar-refractivity contribution >= 4 is 33.1 Å². The third-order valence-corrected chi connectivity index (χ3v) is 5.74. The molecule has 5 nitrogen and oxygen atoms in total. The maximum atomic E-state index is 12.7. The number of carbonyl (C=O) groups is 1. The molecular formula is C15H22N4OS. The van der Waals surface area contributed by atoms with Crippen molar-refractivity contribution in [2.45, 2.75) is 33.6 Å². The fourth-order valence-corrected chi connectivity index (χ4v) is 4.10. The molecule has 114 valence electrons. The Balaban J connectivity index is 1.92. The molecule has 0 radical (unpaired) electrons. The first-order chi connectivity index (χ1) is 9.80. The molecule has 0 spiro atoms. The largest absolute Gasteiger partial charge is 0.397 e. The molecule has 0 unspecified atom stereocenters. The standard InChI is InChI=1S/C15H22N4OS/c1-9-10-11(16)12(21-14(10)18(4)17-9)13(20)19-7-5-15(2,3)6-8-19/h5-8,16H2,1-4H3. The number of likely N-dealkylation sites (tertiary alicyclic amines) is 1. The van der Waals surface area contributed by atoms with E-state index in [0.29, 0.717) is 16.0 Å². The van der Waals surface area contributed by atoms with Gasteiger partial charge in [0.15, 0.2) is 0 Å². The van der Waals surface area contributed by atoms with E-state index in [9.17, 15) is 4.79 Å². The van der Waals surface area contributed by atoms with E-state index in [1.165, 1.54) is 11.3 Å². The van der Waals surface area contributed by atoms with Gasteiger partial charge in [-0.3, -0.25) is 9.48 Å². The SMILES string of the molecule is Cc1nn(C)c2sc(C(=O)N3CCC(C)(C)CC3)c(N)c12. The molecule has 0 atom stereocenters. The van der Waals surface area contributed by atoms with Crippen LogP contribution in [-0.4, -0.2) is 33.7 Å². The summed E-state index contributed by atoms with van der Waals surface area (Å²) in [7, 11) is 1.89. The molecule has 21 heavy (non-hydrogen) atoms. The molecule has 1 fully saturated rings. The number of amides is 1. The monoisotopic (exact) mass is 306 g/mol. The number of nitrogens with two attached hydrogens (primary N) is 1. The van der Waals surface area contributed by atoms with Gasteiger partial charge in [-0.05, 0) is 25.2 Å². The third-order valence-electron chi connectivity index (χ3n) is 4.48. The fourth-order valence-electron chi connectivity index (χ4n) is 2.95. The molecule has 6 heteroatoms. The number of aromatic nitrogens is 2. The second kappa shape index (κ2) is 4.73. The topological polar surface area (TPSA) is 64.2 Å². The molecule has 0 aromatic carbocycles. The van der Waals surface area contributed by atoms with E-state index in [1.54, 1.807) is 0 Å². The molecule has 2 aromatic heterocycles. The lowest BCUT2D eigenvalue weighted by atomic mass is 9.82. The average Bonchev–Trinajstić information content (AvgIpc) is 2.88. The van der Waals surface area contributed by atoms with Crippen LogP contribution in [0.2, 0.25) is 0 Å². The van der Waals surface area contributed by atoms with Gasteiger partial charge in [0.25, 0.3) is 5.91 Å². The van der Waals surface area contributed by atoms with E-state index < -0.39 is 0 Å². The van der Waals surface area contributed by atoms with Crippen molar-refractivity contribution in [1.82, 2.24) is 14.7 Å². The minimum absolute atomic E-state index is 0.0728. The lowest BCUT2D eigenvalue weighted by Crippen LogP contribution is -2.41. The summed E-state index contributed by atoms with van der Waals surface area (Å²) in [6, 6.07) is 0. The number of rotatable bonds is 1. The van der Waals surface area contributed by atoms with Gasteiger partial charge in [-0.15, -0.1) is 11.3 Å². The summed E-state index contributed by atoms with van der Waals surface area (Å²) in [4.78, 5) is 16.3. The molecule has 0 saturated carbocycles. The van der Waals surface area contributed by atoms with Crippen molar-refractivity contribution in [2.75, 3.05) is 18.8 Å². The minimum atomic E-state index is 0.0728. The van der Waals surface area contributed by atoms with E-state index in [1.807, 2.05) is 23.6 Å². The molecule has 3 rings (SSSR count). The van der Waals surface area contributed by atoms with Crippen molar-refractivity contribution in [3.05, 3.63) is 10.6 Å². The Labute approximate surface area is 128 Å². The van der Waals surface area contributed by atoms with E-state index in [-0.39, 0.29) is 5.91 Å². The normalized spacial score (nSPS) is 18.4. The smallest absolute Gasteiger partial charge is 0.266 e. The van der Waals surface area contributed by atoms with Crippen molar-refractivity contribution in [3.8, 4) is 0 Å². The average molecular weight is 306 g/mol. The second-order valence-corrected chi connectivity index (χ2v) is 7.69. The van der Waals surface area contributed by atoms with Gasteiger partial charge in [-0.1, -0.05) is 13.8 Å². The van der Waals surface area contributed by atoms with Crippen molar-refractivity contribution in [2.24, 2.45) is 12.5 Å². The van der Waals surface area contributed by atoms with Crippen LogP contribution < -0.4 is 5.73 Å². The molecule has 1 amide bonds. The Hall–Kier alpha value is -1.56. The molecule has 2 N–H and O–H groups in total. The van der Waals surface area contributed by atoms with Crippen molar-refractivity contribution in [3.63, 3.8) is 0 Å². The number of nitrogen functional groups attached to an aromatic ring is 1. The van der Waals surface area contributed by atoms with Gasteiger partial charge in [0, 0.05) is 20.1 Å². The first-order valence-electron chi connectivity index (χ1n) is 7.31. The fraction of sp³-hybridized carbons (Fsp3) is 0.600. The molecular weight excluding hydrogens is 284 g/mol. The van der Waals surface area contributed by atoms with Gasteiger partial charge in [-0.25, -0.2) is 0 Å². The predicted molar refractivity (Wildman–Crippen MR) is 86.7 cm³/mol. The van der Waals surface area contributed by atoms with Crippen LogP contribution in [0.3, 0.4) is 0 Å². The first kappa shape index (κ1) is 14.4. The maximum absolute atomic E-state index is 12.7. The summed E-state index contributed by atoms with van der Waals surface area (Å²) in [5, 5.41) is 5.30. The predicted octanol–water partition coefficient (Wildman–Crippen LogP) is 2.79. The summed E-state index contributed by atoms with van der Waals surface area (Å²) in [5.41, 5.74) is 8.04. The number of aryl methyl sites for hydroxylation is 2. The van der Waals surface area contributed by atoms with Gasteiger partial charge >= 0.3 is 0 Å². The number of carbonyl (C=O) groups excluding carboxylic acids is 1. The molecule has 3 heterocycles. The summed E-state index contributed by atoms with van der Waals surface area (Å²) >= 11 is 1.46.